The number of pyridine rings is 1. The number of nitrogens with zero attached hydrogens (tertiary/aromatic N) is 5. The van der Waals surface area contributed by atoms with Gasteiger partial charge in [0.1, 0.15) is 11.2 Å². The van der Waals surface area contributed by atoms with Crippen molar-refractivity contribution in [3.8, 4) is 22.6 Å². The number of anilines is 1. The van der Waals surface area contributed by atoms with Crippen LogP contribution in [0, 0.1) is 0 Å². The number of hydrogen-bond donors (Lipinski definition) is 1. The zero-order valence-electron chi connectivity index (χ0n) is 15.2. The Balaban J connectivity index is 1.84. The summed E-state index contributed by atoms with van der Waals surface area (Å²) in [5, 5.41) is 0.894. The predicted molar refractivity (Wildman–Crippen MR) is 113 cm³/mol. The molecule has 0 fully saturated rings. The molecule has 4 heterocycles. The predicted octanol–water partition coefficient (Wildman–Crippen LogP) is 3.92. The average Bonchev–Trinajstić information content (AvgIpc) is 3.07. The summed E-state index contributed by atoms with van der Waals surface area (Å²) in [6, 6.07) is 3.75. The SMILES string of the molecule is COCCCSc1sc2nc(-c3cncnc3)cc(-c3ncccn3)c2c1N. The molecule has 7 nitrogen and oxygen atoms in total. The van der Waals surface area contributed by atoms with Gasteiger partial charge in [-0.25, -0.2) is 24.9 Å². The maximum Gasteiger partial charge on any atom is 0.159 e. The van der Waals surface area contributed by atoms with Crippen molar-refractivity contribution in [3.05, 3.63) is 43.2 Å². The number of fused-ring (bicyclic) bond motifs is 1. The number of hydrogen-bond acceptors (Lipinski definition) is 9. The Morgan fingerprint density at radius 2 is 1.96 bits per heavy atom. The van der Waals surface area contributed by atoms with Gasteiger partial charge in [0, 0.05) is 60.8 Å². The van der Waals surface area contributed by atoms with Gasteiger partial charge in [0.2, 0.25) is 0 Å². The molecule has 0 amide bonds. The van der Waals surface area contributed by atoms with Gasteiger partial charge in [-0.3, -0.25) is 0 Å². The summed E-state index contributed by atoms with van der Waals surface area (Å²) in [5.74, 6) is 1.55. The lowest BCUT2D eigenvalue weighted by Gasteiger charge is -2.07. The Morgan fingerprint density at radius 3 is 2.71 bits per heavy atom. The Bertz CT molecular complexity index is 1070. The molecule has 0 atom stereocenters. The number of ether oxygens (including phenoxy) is 1. The monoisotopic (exact) mass is 410 g/mol. The van der Waals surface area contributed by atoms with Crippen molar-refractivity contribution >= 4 is 39.0 Å². The van der Waals surface area contributed by atoms with Gasteiger partial charge in [-0.2, -0.15) is 0 Å². The van der Waals surface area contributed by atoms with E-state index in [0.29, 0.717) is 5.82 Å². The van der Waals surface area contributed by atoms with E-state index in [1.54, 1.807) is 61.1 Å². The molecule has 0 aliphatic carbocycles. The van der Waals surface area contributed by atoms with Crippen LogP contribution < -0.4 is 5.73 Å². The molecule has 4 aromatic rings. The van der Waals surface area contributed by atoms with E-state index in [9.17, 15) is 0 Å². The van der Waals surface area contributed by atoms with E-state index in [4.69, 9.17) is 15.5 Å². The van der Waals surface area contributed by atoms with E-state index < -0.39 is 0 Å². The second-order valence-corrected chi connectivity index (χ2v) is 8.30. The Labute approximate surface area is 170 Å². The number of aromatic nitrogens is 5. The zero-order chi connectivity index (χ0) is 19.3. The number of nitrogen functional groups attached to an aromatic ring is 1. The number of thiophene rings is 1. The van der Waals surface area contributed by atoms with Crippen molar-refractivity contribution in [3.63, 3.8) is 0 Å². The molecule has 0 saturated heterocycles. The summed E-state index contributed by atoms with van der Waals surface area (Å²) in [6.45, 7) is 0.733. The molecule has 142 valence electrons. The number of rotatable bonds is 7. The van der Waals surface area contributed by atoms with Crippen LogP contribution >= 0.6 is 23.1 Å². The number of nitrogens with two attached hydrogens (primary N) is 1. The zero-order valence-corrected chi connectivity index (χ0v) is 16.8. The molecule has 0 saturated carbocycles. The van der Waals surface area contributed by atoms with Gasteiger partial charge in [0.15, 0.2) is 5.82 Å². The second-order valence-electron chi connectivity index (χ2n) is 5.93. The Kier molecular flexibility index (Phi) is 5.75. The lowest BCUT2D eigenvalue weighted by Crippen LogP contribution is -1.94. The largest absolute Gasteiger partial charge is 0.397 e. The molecule has 0 aliphatic heterocycles. The standard InChI is InChI=1S/C19H18N6OS2/c1-26-6-3-7-27-19-16(20)15-13(17-23-4-2-5-24-17)8-14(25-18(15)28-19)12-9-21-11-22-10-12/h2,4-5,8-11H,3,6-7,20H2,1H3. The van der Waals surface area contributed by atoms with Crippen LogP contribution in [0.25, 0.3) is 32.9 Å². The highest BCUT2D eigenvalue weighted by atomic mass is 32.2. The third kappa shape index (κ3) is 3.82. The molecule has 9 heteroatoms. The molecule has 2 N–H and O–H groups in total. The van der Waals surface area contributed by atoms with Crippen molar-refractivity contribution in [2.75, 3.05) is 25.2 Å². The normalized spacial score (nSPS) is 11.2. The van der Waals surface area contributed by atoms with Gasteiger partial charge < -0.3 is 10.5 Å². The fourth-order valence-corrected chi connectivity index (χ4v) is 5.05. The minimum Gasteiger partial charge on any atom is -0.397 e. The molecule has 0 aromatic carbocycles. The van der Waals surface area contributed by atoms with Crippen LogP contribution in [-0.4, -0.2) is 44.4 Å². The molecule has 4 aromatic heterocycles. The summed E-state index contributed by atoms with van der Waals surface area (Å²) >= 11 is 3.32. The van der Waals surface area contributed by atoms with E-state index >= 15 is 0 Å². The van der Waals surface area contributed by atoms with Crippen LogP contribution in [0.3, 0.4) is 0 Å². The van der Waals surface area contributed by atoms with Crippen LogP contribution in [0.15, 0.2) is 47.5 Å². The molecule has 0 aliphatic rings. The van der Waals surface area contributed by atoms with Crippen molar-refractivity contribution in [2.24, 2.45) is 0 Å². The molecule has 28 heavy (non-hydrogen) atoms. The topological polar surface area (TPSA) is 99.7 Å². The highest BCUT2D eigenvalue weighted by Gasteiger charge is 2.19. The van der Waals surface area contributed by atoms with Crippen molar-refractivity contribution in [1.29, 1.82) is 0 Å². The molecule has 0 unspecified atom stereocenters. The first-order valence-corrected chi connectivity index (χ1v) is 10.5. The first kappa shape index (κ1) is 18.7. The Morgan fingerprint density at radius 1 is 1.18 bits per heavy atom. The van der Waals surface area contributed by atoms with E-state index in [0.717, 1.165) is 55.7 Å². The molecular weight excluding hydrogens is 392 g/mol. The maximum absolute atomic E-state index is 6.52. The minimum atomic E-state index is 0.619. The third-order valence-electron chi connectivity index (χ3n) is 4.05. The maximum atomic E-state index is 6.52. The van der Waals surface area contributed by atoms with Crippen LogP contribution in [0.1, 0.15) is 6.42 Å². The Hall–Kier alpha value is -2.62. The van der Waals surface area contributed by atoms with Gasteiger partial charge in [0.05, 0.1) is 15.6 Å². The molecular formula is C19H18N6OS2. The van der Waals surface area contributed by atoms with Gasteiger partial charge in [-0.1, -0.05) is 0 Å². The van der Waals surface area contributed by atoms with Crippen LogP contribution in [0.2, 0.25) is 0 Å². The quantitative estimate of drug-likeness (QED) is 0.361. The number of thioether (sulfide) groups is 1. The van der Waals surface area contributed by atoms with Crippen LogP contribution in [-0.2, 0) is 4.74 Å². The van der Waals surface area contributed by atoms with Crippen molar-refractivity contribution in [2.45, 2.75) is 10.6 Å². The first-order valence-electron chi connectivity index (χ1n) is 8.65. The molecule has 0 spiro atoms. The summed E-state index contributed by atoms with van der Waals surface area (Å²) in [7, 11) is 1.71. The molecule has 0 radical (unpaired) electrons. The van der Waals surface area contributed by atoms with Crippen LogP contribution in [0.4, 0.5) is 5.69 Å². The van der Waals surface area contributed by atoms with Gasteiger partial charge in [-0.15, -0.1) is 23.1 Å². The van der Waals surface area contributed by atoms with Gasteiger partial charge in [0.25, 0.3) is 0 Å². The van der Waals surface area contributed by atoms with Gasteiger partial charge in [-0.05, 0) is 18.6 Å². The van der Waals surface area contributed by atoms with Gasteiger partial charge >= 0.3 is 0 Å². The van der Waals surface area contributed by atoms with E-state index in [1.807, 2.05) is 6.07 Å². The average molecular weight is 411 g/mol. The second kappa shape index (κ2) is 8.59. The highest BCUT2D eigenvalue weighted by molar-refractivity contribution is 8.01. The summed E-state index contributed by atoms with van der Waals surface area (Å²) in [5.41, 5.74) is 9.72. The summed E-state index contributed by atoms with van der Waals surface area (Å²) in [4.78, 5) is 22.7. The summed E-state index contributed by atoms with van der Waals surface area (Å²) < 4.78 is 6.18. The van der Waals surface area contributed by atoms with Crippen molar-refractivity contribution in [1.82, 2.24) is 24.9 Å². The van der Waals surface area contributed by atoms with E-state index in [2.05, 4.69) is 19.9 Å². The molecule has 4 rings (SSSR count). The third-order valence-corrected chi connectivity index (χ3v) is 6.53. The number of methoxy groups -OCH3 is 1. The van der Waals surface area contributed by atoms with E-state index in [1.165, 1.54) is 6.33 Å². The van der Waals surface area contributed by atoms with E-state index in [-0.39, 0.29) is 0 Å². The highest BCUT2D eigenvalue weighted by Crippen LogP contribution is 2.44. The molecule has 0 bridgehead atoms. The fourth-order valence-electron chi connectivity index (χ4n) is 2.77. The first-order chi connectivity index (χ1) is 13.8. The fraction of sp³-hybridized carbons (Fsp3) is 0.211. The minimum absolute atomic E-state index is 0.619. The van der Waals surface area contributed by atoms with Crippen molar-refractivity contribution < 1.29 is 4.74 Å². The lowest BCUT2D eigenvalue weighted by molar-refractivity contribution is 0.200. The lowest BCUT2D eigenvalue weighted by atomic mass is 10.1. The van der Waals surface area contributed by atoms with Crippen LogP contribution in [0.5, 0.6) is 0 Å². The summed E-state index contributed by atoms with van der Waals surface area (Å²) in [6.07, 6.45) is 9.40. The smallest absolute Gasteiger partial charge is 0.159 e.